The Bertz CT molecular complexity index is 989. The number of rotatable bonds is 4. The van der Waals surface area contributed by atoms with Gasteiger partial charge < -0.3 is 10.0 Å². The van der Waals surface area contributed by atoms with E-state index >= 15 is 0 Å². The fourth-order valence-electron chi connectivity index (χ4n) is 4.89. The Labute approximate surface area is 172 Å². The van der Waals surface area contributed by atoms with E-state index in [1.165, 1.54) is 6.07 Å². The number of aliphatic hydroxyl groups is 1. The summed E-state index contributed by atoms with van der Waals surface area (Å²) in [5.41, 5.74) is 0.694. The molecule has 2 aromatic rings. The first-order valence-corrected chi connectivity index (χ1v) is 11.9. The van der Waals surface area contributed by atoms with Crippen LogP contribution in [0.2, 0.25) is 0 Å². The summed E-state index contributed by atoms with van der Waals surface area (Å²) in [6.07, 6.45) is 4.06. The minimum Gasteiger partial charge on any atom is -0.392 e. The fourth-order valence-corrected chi connectivity index (χ4v) is 6.45. The lowest BCUT2D eigenvalue weighted by Crippen LogP contribution is -2.49. The molecule has 0 aromatic heterocycles. The van der Waals surface area contributed by atoms with Crippen molar-refractivity contribution in [2.45, 2.75) is 48.9 Å². The van der Waals surface area contributed by atoms with Gasteiger partial charge in [-0.3, -0.25) is 4.79 Å². The van der Waals surface area contributed by atoms with E-state index in [9.17, 15) is 18.3 Å². The third kappa shape index (κ3) is 3.96. The number of benzene rings is 2. The van der Waals surface area contributed by atoms with Crippen molar-refractivity contribution < 1.29 is 18.3 Å². The second-order valence-corrected chi connectivity index (χ2v) is 10.3. The van der Waals surface area contributed by atoms with Crippen LogP contribution >= 0.6 is 0 Å². The molecule has 0 unspecified atom stereocenters. The van der Waals surface area contributed by atoms with Gasteiger partial charge in [-0.2, -0.15) is 0 Å². The maximum Gasteiger partial charge on any atom is 0.255 e. The molecule has 29 heavy (non-hydrogen) atoms. The van der Waals surface area contributed by atoms with Crippen LogP contribution in [0.4, 0.5) is 0 Å². The molecule has 1 heterocycles. The summed E-state index contributed by atoms with van der Waals surface area (Å²) in [5.74, 6) is -0.392. The summed E-state index contributed by atoms with van der Waals surface area (Å²) in [6, 6.07) is 15.5. The number of sulfone groups is 1. The van der Waals surface area contributed by atoms with E-state index in [0.717, 1.165) is 32.1 Å². The zero-order valence-electron chi connectivity index (χ0n) is 16.5. The minimum absolute atomic E-state index is 0.0837. The van der Waals surface area contributed by atoms with Gasteiger partial charge in [0.05, 0.1) is 22.3 Å². The van der Waals surface area contributed by atoms with E-state index in [1.807, 2.05) is 18.2 Å². The molecule has 0 radical (unpaired) electrons. The number of piperidine rings is 1. The average Bonchev–Trinajstić information content (AvgIpc) is 3.07. The second kappa shape index (κ2) is 7.92. The largest absolute Gasteiger partial charge is 0.392 e. The van der Waals surface area contributed by atoms with Crippen LogP contribution in [-0.4, -0.2) is 43.5 Å². The molecule has 1 amide bonds. The summed E-state index contributed by atoms with van der Waals surface area (Å²) in [7, 11) is -3.66. The van der Waals surface area contributed by atoms with Crippen molar-refractivity contribution in [2.75, 3.05) is 13.1 Å². The zero-order chi connectivity index (χ0) is 20.5. The Kier molecular flexibility index (Phi) is 5.49. The fraction of sp³-hybridized carbons (Fsp3) is 0.435. The molecular formula is C23H27NO4S. The van der Waals surface area contributed by atoms with Crippen LogP contribution in [0.1, 0.15) is 48.0 Å². The van der Waals surface area contributed by atoms with Crippen LogP contribution in [0.25, 0.3) is 0 Å². The van der Waals surface area contributed by atoms with Crippen molar-refractivity contribution in [1.29, 1.82) is 0 Å². The Morgan fingerprint density at radius 1 is 1.03 bits per heavy atom. The molecule has 2 aromatic carbocycles. The van der Waals surface area contributed by atoms with Crippen molar-refractivity contribution in [1.82, 2.24) is 4.90 Å². The van der Waals surface area contributed by atoms with Crippen LogP contribution in [0, 0.1) is 5.41 Å². The number of likely N-dealkylation sites (tertiary alicyclic amines) is 1. The lowest BCUT2D eigenvalue weighted by molar-refractivity contribution is -0.00548. The van der Waals surface area contributed by atoms with Crippen molar-refractivity contribution in [3.05, 3.63) is 65.7 Å². The first-order chi connectivity index (χ1) is 13.9. The highest BCUT2D eigenvalue weighted by molar-refractivity contribution is 7.90. The van der Waals surface area contributed by atoms with Gasteiger partial charge in [-0.1, -0.05) is 48.9 Å². The average molecular weight is 414 g/mol. The molecule has 2 aliphatic rings. The predicted molar refractivity (Wildman–Crippen MR) is 111 cm³/mol. The molecule has 1 aliphatic heterocycles. The van der Waals surface area contributed by atoms with Crippen molar-refractivity contribution in [2.24, 2.45) is 5.41 Å². The van der Waals surface area contributed by atoms with Crippen LogP contribution in [0.5, 0.6) is 0 Å². The monoisotopic (exact) mass is 413 g/mol. The number of carbonyl (C=O) groups excluding carboxylic acids is 1. The van der Waals surface area contributed by atoms with E-state index in [2.05, 4.69) is 0 Å². The number of hydrogen-bond acceptors (Lipinski definition) is 4. The van der Waals surface area contributed by atoms with Gasteiger partial charge in [0.1, 0.15) is 0 Å². The molecule has 2 atom stereocenters. The Balaban J connectivity index is 1.62. The molecule has 1 saturated carbocycles. The summed E-state index contributed by atoms with van der Waals surface area (Å²) in [5, 5.41) is 10.5. The summed E-state index contributed by atoms with van der Waals surface area (Å²) in [6.45, 7) is 1.10. The lowest BCUT2D eigenvalue weighted by Gasteiger charge is -2.42. The highest BCUT2D eigenvalue weighted by Gasteiger charge is 2.46. The topological polar surface area (TPSA) is 74.7 Å². The van der Waals surface area contributed by atoms with Crippen molar-refractivity contribution >= 4 is 15.7 Å². The number of aliphatic hydroxyl groups excluding tert-OH is 1. The van der Waals surface area contributed by atoms with Gasteiger partial charge in [0.15, 0.2) is 9.84 Å². The number of amides is 1. The molecule has 2 fully saturated rings. The molecular weight excluding hydrogens is 386 g/mol. The number of hydrogen-bond donors (Lipinski definition) is 1. The molecule has 5 nitrogen and oxygen atoms in total. The first kappa shape index (κ1) is 20.1. The van der Waals surface area contributed by atoms with Crippen molar-refractivity contribution in [3.8, 4) is 0 Å². The SMILES string of the molecule is O=C(c1ccccc1S(=O)(=O)Cc1ccccc1)N1CCC[C@]2(CCC[C@H]2O)C1. The molecule has 0 bridgehead atoms. The second-order valence-electron chi connectivity index (χ2n) is 8.34. The van der Waals surface area contributed by atoms with Gasteiger partial charge >= 0.3 is 0 Å². The lowest BCUT2D eigenvalue weighted by atomic mass is 9.76. The van der Waals surface area contributed by atoms with E-state index in [0.29, 0.717) is 18.7 Å². The summed E-state index contributed by atoms with van der Waals surface area (Å²) >= 11 is 0. The van der Waals surface area contributed by atoms with E-state index in [4.69, 9.17) is 0 Å². The third-order valence-electron chi connectivity index (χ3n) is 6.41. The zero-order valence-corrected chi connectivity index (χ0v) is 17.3. The van der Waals surface area contributed by atoms with Crippen LogP contribution < -0.4 is 0 Å². The maximum absolute atomic E-state index is 13.3. The van der Waals surface area contributed by atoms with Crippen LogP contribution in [0.3, 0.4) is 0 Å². The quantitative estimate of drug-likeness (QED) is 0.833. The molecule has 6 heteroatoms. The summed E-state index contributed by atoms with van der Waals surface area (Å²) in [4.78, 5) is 15.2. The van der Waals surface area contributed by atoms with Crippen molar-refractivity contribution in [3.63, 3.8) is 0 Å². The van der Waals surface area contributed by atoms with Gasteiger partial charge in [0.25, 0.3) is 5.91 Å². The standard InChI is InChI=1S/C23H27NO4S/c25-21-12-6-13-23(21)14-7-15-24(17-23)22(26)19-10-4-5-11-20(19)29(27,28)16-18-8-2-1-3-9-18/h1-5,8-11,21,25H,6-7,12-17H2/t21-,23-/m1/s1. The van der Waals surface area contributed by atoms with E-state index < -0.39 is 9.84 Å². The highest BCUT2D eigenvalue weighted by Crippen LogP contribution is 2.45. The third-order valence-corrected chi connectivity index (χ3v) is 8.15. The molecule has 1 spiro atoms. The Morgan fingerprint density at radius 2 is 1.72 bits per heavy atom. The van der Waals surface area contributed by atoms with Gasteiger partial charge in [-0.05, 0) is 43.4 Å². The highest BCUT2D eigenvalue weighted by atomic mass is 32.2. The first-order valence-electron chi connectivity index (χ1n) is 10.2. The Hall–Kier alpha value is -2.18. The number of nitrogens with zero attached hydrogens (tertiary/aromatic N) is 1. The van der Waals surface area contributed by atoms with Gasteiger partial charge in [-0.25, -0.2) is 8.42 Å². The van der Waals surface area contributed by atoms with Gasteiger partial charge in [-0.15, -0.1) is 0 Å². The summed E-state index contributed by atoms with van der Waals surface area (Å²) < 4.78 is 26.2. The molecule has 1 N–H and O–H groups in total. The molecule has 4 rings (SSSR count). The van der Waals surface area contributed by atoms with Gasteiger partial charge in [0, 0.05) is 18.5 Å². The molecule has 154 valence electrons. The van der Waals surface area contributed by atoms with E-state index in [1.54, 1.807) is 35.2 Å². The predicted octanol–water partition coefficient (Wildman–Crippen LogP) is 3.43. The number of carbonyl (C=O) groups is 1. The Morgan fingerprint density at radius 3 is 2.45 bits per heavy atom. The molecule has 1 saturated heterocycles. The maximum atomic E-state index is 13.3. The van der Waals surface area contributed by atoms with Crippen LogP contribution in [0.15, 0.2) is 59.5 Å². The van der Waals surface area contributed by atoms with Crippen LogP contribution in [-0.2, 0) is 15.6 Å². The smallest absolute Gasteiger partial charge is 0.255 e. The van der Waals surface area contributed by atoms with E-state index in [-0.39, 0.29) is 33.6 Å². The minimum atomic E-state index is -3.66. The normalized spacial score (nSPS) is 24.7. The molecule has 1 aliphatic carbocycles. The van der Waals surface area contributed by atoms with Gasteiger partial charge in [0.2, 0.25) is 0 Å².